The second-order valence-electron chi connectivity index (χ2n) is 4.08. The van der Waals surface area contributed by atoms with E-state index < -0.39 is 11.9 Å². The van der Waals surface area contributed by atoms with E-state index in [1.165, 1.54) is 6.07 Å². The molecule has 0 atom stereocenters. The second kappa shape index (κ2) is 4.87. The van der Waals surface area contributed by atoms with Crippen molar-refractivity contribution in [1.29, 1.82) is 0 Å². The summed E-state index contributed by atoms with van der Waals surface area (Å²) in [4.78, 5) is 5.81. The first kappa shape index (κ1) is 13.3. The van der Waals surface area contributed by atoms with Crippen LogP contribution in [0.4, 0.5) is 19.0 Å². The van der Waals surface area contributed by atoms with Crippen LogP contribution >= 0.6 is 0 Å². The summed E-state index contributed by atoms with van der Waals surface area (Å²) in [5.41, 5.74) is -0.998. The second-order valence-corrected chi connectivity index (χ2v) is 4.08. The average Bonchev–Trinajstić information content (AvgIpc) is 2.74. The van der Waals surface area contributed by atoms with Gasteiger partial charge in [-0.15, -0.1) is 10.2 Å². The zero-order valence-electron chi connectivity index (χ0n) is 10.4. The summed E-state index contributed by atoms with van der Waals surface area (Å²) < 4.78 is 38.9. The first-order valence-electron chi connectivity index (χ1n) is 5.46. The molecule has 19 heavy (non-hydrogen) atoms. The molecule has 0 aromatic carbocycles. The number of aromatic nitrogens is 4. The van der Waals surface area contributed by atoms with Crippen LogP contribution in [0, 0.1) is 0 Å². The van der Waals surface area contributed by atoms with Crippen LogP contribution in [0.3, 0.4) is 0 Å². The molecule has 0 N–H and O–H groups in total. The first-order valence-corrected chi connectivity index (χ1v) is 5.46. The quantitative estimate of drug-likeness (QED) is 0.855. The lowest BCUT2D eigenvalue weighted by Crippen LogP contribution is -2.21. The number of aryl methyl sites for hydroxylation is 1. The number of imidazole rings is 1. The van der Waals surface area contributed by atoms with Crippen molar-refractivity contribution in [3.05, 3.63) is 36.0 Å². The van der Waals surface area contributed by atoms with Gasteiger partial charge in [0, 0.05) is 26.5 Å². The molecule has 8 heteroatoms. The van der Waals surface area contributed by atoms with Gasteiger partial charge in [-0.25, -0.2) is 4.98 Å². The molecule has 2 heterocycles. The van der Waals surface area contributed by atoms with E-state index >= 15 is 0 Å². The Morgan fingerprint density at radius 1 is 1.26 bits per heavy atom. The number of hydrogen-bond acceptors (Lipinski definition) is 4. The predicted molar refractivity (Wildman–Crippen MR) is 62.3 cm³/mol. The maximum Gasteiger partial charge on any atom is 0.435 e. The maximum atomic E-state index is 12.3. The molecule has 0 aliphatic heterocycles. The minimum atomic E-state index is -4.47. The van der Waals surface area contributed by atoms with Crippen molar-refractivity contribution in [2.75, 3.05) is 11.9 Å². The van der Waals surface area contributed by atoms with Crippen molar-refractivity contribution >= 4 is 5.82 Å². The van der Waals surface area contributed by atoms with Crippen LogP contribution in [0.1, 0.15) is 11.5 Å². The number of rotatable bonds is 3. The fourth-order valence-electron chi connectivity index (χ4n) is 1.52. The Bertz CT molecular complexity index is 546. The normalized spacial score (nSPS) is 11.6. The Hall–Kier alpha value is -2.12. The van der Waals surface area contributed by atoms with Gasteiger partial charge in [0.25, 0.3) is 0 Å². The van der Waals surface area contributed by atoms with Crippen LogP contribution in [-0.2, 0) is 19.8 Å². The van der Waals surface area contributed by atoms with Crippen LogP contribution in [0.2, 0.25) is 0 Å². The fraction of sp³-hybridized carbons (Fsp3) is 0.364. The molecule has 0 spiro atoms. The number of alkyl halides is 3. The Labute approximate surface area is 107 Å². The number of hydrogen-bond donors (Lipinski definition) is 0. The highest BCUT2D eigenvalue weighted by atomic mass is 19.4. The lowest BCUT2D eigenvalue weighted by atomic mass is 10.3. The molecule has 0 fully saturated rings. The van der Waals surface area contributed by atoms with Gasteiger partial charge < -0.3 is 9.47 Å². The van der Waals surface area contributed by atoms with Gasteiger partial charge in [-0.05, 0) is 12.1 Å². The highest BCUT2D eigenvalue weighted by Gasteiger charge is 2.33. The summed E-state index contributed by atoms with van der Waals surface area (Å²) in [7, 11) is 3.56. The molecule has 0 unspecified atom stereocenters. The van der Waals surface area contributed by atoms with Crippen LogP contribution < -0.4 is 4.90 Å². The van der Waals surface area contributed by atoms with Crippen LogP contribution in [0.15, 0.2) is 24.5 Å². The molecule has 0 aliphatic rings. The van der Waals surface area contributed by atoms with Crippen molar-refractivity contribution < 1.29 is 13.2 Å². The Balaban J connectivity index is 2.12. The summed E-state index contributed by atoms with van der Waals surface area (Å²) in [5, 5.41) is 6.75. The third kappa shape index (κ3) is 3.01. The van der Waals surface area contributed by atoms with E-state index in [4.69, 9.17) is 0 Å². The molecule has 0 bridgehead atoms. The van der Waals surface area contributed by atoms with Crippen molar-refractivity contribution in [2.24, 2.45) is 7.05 Å². The van der Waals surface area contributed by atoms with Crippen LogP contribution in [0.5, 0.6) is 0 Å². The largest absolute Gasteiger partial charge is 0.435 e. The van der Waals surface area contributed by atoms with Crippen molar-refractivity contribution in [1.82, 2.24) is 19.7 Å². The van der Waals surface area contributed by atoms with E-state index in [2.05, 4.69) is 15.2 Å². The van der Waals surface area contributed by atoms with Crippen LogP contribution in [-0.4, -0.2) is 26.8 Å². The van der Waals surface area contributed by atoms with E-state index in [0.29, 0.717) is 12.4 Å². The zero-order valence-corrected chi connectivity index (χ0v) is 10.4. The Kier molecular flexibility index (Phi) is 3.41. The van der Waals surface area contributed by atoms with Gasteiger partial charge >= 0.3 is 6.18 Å². The smallest absolute Gasteiger partial charge is 0.351 e. The predicted octanol–water partition coefficient (Wildman–Crippen LogP) is 1.87. The average molecular weight is 271 g/mol. The molecule has 0 saturated carbocycles. The Morgan fingerprint density at radius 3 is 2.47 bits per heavy atom. The van der Waals surface area contributed by atoms with Gasteiger partial charge in [0.1, 0.15) is 5.82 Å². The molecular weight excluding hydrogens is 259 g/mol. The SMILES string of the molecule is CN(Cc1nccn1C)c1ccc(C(F)(F)F)nn1. The van der Waals surface area contributed by atoms with Gasteiger partial charge in [-0.3, -0.25) is 0 Å². The monoisotopic (exact) mass is 271 g/mol. The van der Waals surface area contributed by atoms with E-state index in [1.807, 2.05) is 11.6 Å². The lowest BCUT2D eigenvalue weighted by Gasteiger charge is -2.17. The van der Waals surface area contributed by atoms with Gasteiger partial charge in [0.15, 0.2) is 11.5 Å². The highest BCUT2D eigenvalue weighted by Crippen LogP contribution is 2.27. The van der Waals surface area contributed by atoms with Crippen molar-refractivity contribution in [2.45, 2.75) is 12.7 Å². The summed E-state index contributed by atoms with van der Waals surface area (Å²) >= 11 is 0. The molecule has 0 radical (unpaired) electrons. The zero-order chi connectivity index (χ0) is 14.0. The molecule has 2 rings (SSSR count). The molecule has 0 aliphatic carbocycles. The molecule has 0 saturated heterocycles. The third-order valence-corrected chi connectivity index (χ3v) is 2.63. The number of nitrogens with zero attached hydrogens (tertiary/aromatic N) is 5. The van der Waals surface area contributed by atoms with E-state index in [-0.39, 0.29) is 0 Å². The van der Waals surface area contributed by atoms with Gasteiger partial charge in [0.2, 0.25) is 0 Å². The lowest BCUT2D eigenvalue weighted by molar-refractivity contribution is -0.141. The van der Waals surface area contributed by atoms with E-state index in [1.54, 1.807) is 24.3 Å². The number of anilines is 1. The minimum absolute atomic E-state index is 0.357. The molecule has 2 aromatic heterocycles. The van der Waals surface area contributed by atoms with Gasteiger partial charge in [-0.2, -0.15) is 13.2 Å². The van der Waals surface area contributed by atoms with Crippen LogP contribution in [0.25, 0.3) is 0 Å². The molecule has 0 amide bonds. The van der Waals surface area contributed by atoms with Crippen molar-refractivity contribution in [3.8, 4) is 0 Å². The first-order chi connectivity index (χ1) is 8.88. The van der Waals surface area contributed by atoms with Gasteiger partial charge in [-0.1, -0.05) is 0 Å². The Morgan fingerprint density at radius 2 is 2.00 bits per heavy atom. The molecule has 2 aromatic rings. The molecular formula is C11H12F3N5. The maximum absolute atomic E-state index is 12.3. The molecule has 5 nitrogen and oxygen atoms in total. The summed E-state index contributed by atoms with van der Waals surface area (Å²) in [6.07, 6.45) is -1.02. The van der Waals surface area contributed by atoms with E-state index in [9.17, 15) is 13.2 Å². The molecule has 102 valence electrons. The number of halogens is 3. The van der Waals surface area contributed by atoms with Gasteiger partial charge in [0.05, 0.1) is 6.54 Å². The fourth-order valence-corrected chi connectivity index (χ4v) is 1.52. The van der Waals surface area contributed by atoms with E-state index in [0.717, 1.165) is 11.9 Å². The topological polar surface area (TPSA) is 46.8 Å². The third-order valence-electron chi connectivity index (χ3n) is 2.63. The summed E-state index contributed by atoms with van der Waals surface area (Å²) in [6.45, 7) is 0.434. The summed E-state index contributed by atoms with van der Waals surface area (Å²) in [6, 6.07) is 2.20. The standard InChI is InChI=1S/C11H12F3N5/c1-18-6-5-15-10(18)7-19(2)9-4-3-8(16-17-9)11(12,13)14/h3-6H,7H2,1-2H3. The summed E-state index contributed by atoms with van der Waals surface area (Å²) in [5.74, 6) is 1.14. The minimum Gasteiger partial charge on any atom is -0.351 e. The highest BCUT2D eigenvalue weighted by molar-refractivity contribution is 5.36. The van der Waals surface area contributed by atoms with Crippen molar-refractivity contribution in [3.63, 3.8) is 0 Å².